The first-order chi connectivity index (χ1) is 9.35. The number of aliphatic carboxylic acids is 2. The van der Waals surface area contributed by atoms with Crippen molar-refractivity contribution in [1.29, 1.82) is 0 Å². The second kappa shape index (κ2) is 6.95. The molecule has 110 valence electrons. The van der Waals surface area contributed by atoms with E-state index >= 15 is 0 Å². The number of amides is 1. The van der Waals surface area contributed by atoms with Crippen LogP contribution in [0.3, 0.4) is 0 Å². The van der Waals surface area contributed by atoms with E-state index in [0.717, 1.165) is 6.42 Å². The molecule has 1 atom stereocenters. The standard InChI is InChI=1S/C12H15ClN2O5/c1-2-3-15-6-7(13)4-9(15)11(18)14-8(12(19)20)5-10(16)17/h4,6,8H,2-3,5H2,1H3,(H,14,18)(H,16,17)(H,19,20). The summed E-state index contributed by atoms with van der Waals surface area (Å²) in [6.45, 7) is 2.46. The van der Waals surface area contributed by atoms with Gasteiger partial charge in [0.15, 0.2) is 0 Å². The summed E-state index contributed by atoms with van der Waals surface area (Å²) in [7, 11) is 0. The average molecular weight is 303 g/mol. The van der Waals surface area contributed by atoms with Gasteiger partial charge in [0, 0.05) is 12.7 Å². The largest absolute Gasteiger partial charge is 0.481 e. The smallest absolute Gasteiger partial charge is 0.326 e. The van der Waals surface area contributed by atoms with Crippen molar-refractivity contribution in [3.63, 3.8) is 0 Å². The highest BCUT2D eigenvalue weighted by molar-refractivity contribution is 6.31. The first-order valence-electron chi connectivity index (χ1n) is 5.96. The summed E-state index contributed by atoms with van der Waals surface area (Å²) in [6.07, 6.45) is 1.64. The van der Waals surface area contributed by atoms with Crippen LogP contribution in [0.2, 0.25) is 5.02 Å². The quantitative estimate of drug-likeness (QED) is 0.701. The lowest BCUT2D eigenvalue weighted by molar-refractivity contribution is -0.145. The minimum Gasteiger partial charge on any atom is -0.481 e. The van der Waals surface area contributed by atoms with Crippen LogP contribution in [0.25, 0.3) is 0 Å². The number of halogens is 1. The molecule has 1 aromatic heterocycles. The van der Waals surface area contributed by atoms with Crippen molar-refractivity contribution in [1.82, 2.24) is 9.88 Å². The Morgan fingerprint density at radius 1 is 1.40 bits per heavy atom. The number of carboxylic acids is 2. The summed E-state index contributed by atoms with van der Waals surface area (Å²) >= 11 is 5.82. The maximum atomic E-state index is 12.0. The summed E-state index contributed by atoms with van der Waals surface area (Å²) in [5.41, 5.74) is 0.202. The van der Waals surface area contributed by atoms with Gasteiger partial charge in [-0.3, -0.25) is 9.59 Å². The fourth-order valence-electron chi connectivity index (χ4n) is 1.70. The Bertz CT molecular complexity index is 526. The van der Waals surface area contributed by atoms with Gasteiger partial charge in [-0.15, -0.1) is 0 Å². The van der Waals surface area contributed by atoms with Crippen LogP contribution in [-0.4, -0.2) is 38.7 Å². The fraction of sp³-hybridized carbons (Fsp3) is 0.417. The summed E-state index contributed by atoms with van der Waals surface area (Å²) < 4.78 is 1.59. The molecule has 0 aliphatic carbocycles. The molecule has 0 fully saturated rings. The van der Waals surface area contributed by atoms with Crippen LogP contribution in [-0.2, 0) is 16.1 Å². The molecular weight excluding hydrogens is 288 g/mol. The van der Waals surface area contributed by atoms with Crippen LogP contribution in [0.1, 0.15) is 30.3 Å². The highest BCUT2D eigenvalue weighted by atomic mass is 35.5. The van der Waals surface area contributed by atoms with E-state index < -0.39 is 30.3 Å². The molecule has 0 saturated heterocycles. The van der Waals surface area contributed by atoms with Crippen molar-refractivity contribution in [2.45, 2.75) is 32.4 Å². The molecule has 1 amide bonds. The Kier molecular flexibility index (Phi) is 5.57. The molecule has 1 unspecified atom stereocenters. The molecule has 20 heavy (non-hydrogen) atoms. The van der Waals surface area contributed by atoms with Crippen LogP contribution in [0.4, 0.5) is 0 Å². The van der Waals surface area contributed by atoms with Crippen molar-refractivity contribution in [3.8, 4) is 0 Å². The van der Waals surface area contributed by atoms with Gasteiger partial charge < -0.3 is 20.1 Å². The third-order valence-corrected chi connectivity index (χ3v) is 2.75. The summed E-state index contributed by atoms with van der Waals surface area (Å²) in [5.74, 6) is -3.38. The number of aromatic nitrogens is 1. The van der Waals surface area contributed by atoms with Crippen LogP contribution < -0.4 is 5.32 Å². The highest BCUT2D eigenvalue weighted by Gasteiger charge is 2.25. The van der Waals surface area contributed by atoms with Gasteiger partial charge in [-0.05, 0) is 12.5 Å². The Hall–Kier alpha value is -2.02. The van der Waals surface area contributed by atoms with E-state index in [4.69, 9.17) is 21.8 Å². The van der Waals surface area contributed by atoms with Gasteiger partial charge >= 0.3 is 11.9 Å². The molecule has 0 bridgehead atoms. The average Bonchev–Trinajstić information content (AvgIpc) is 2.69. The van der Waals surface area contributed by atoms with Gasteiger partial charge in [-0.25, -0.2) is 4.79 Å². The number of carbonyl (C=O) groups is 3. The fourth-order valence-corrected chi connectivity index (χ4v) is 1.92. The lowest BCUT2D eigenvalue weighted by Gasteiger charge is -2.13. The maximum absolute atomic E-state index is 12.0. The van der Waals surface area contributed by atoms with E-state index in [1.54, 1.807) is 10.8 Å². The molecule has 0 aromatic carbocycles. The Morgan fingerprint density at radius 3 is 2.55 bits per heavy atom. The molecule has 1 rings (SSSR count). The highest BCUT2D eigenvalue weighted by Crippen LogP contribution is 2.15. The predicted molar refractivity (Wildman–Crippen MR) is 70.9 cm³/mol. The Balaban J connectivity index is 2.88. The number of carboxylic acid groups (broad SMARTS) is 2. The topological polar surface area (TPSA) is 109 Å². The Labute approximate surface area is 120 Å². The van der Waals surface area contributed by atoms with E-state index in [2.05, 4.69) is 5.32 Å². The number of hydrogen-bond acceptors (Lipinski definition) is 3. The zero-order chi connectivity index (χ0) is 15.3. The molecule has 7 nitrogen and oxygen atoms in total. The zero-order valence-corrected chi connectivity index (χ0v) is 11.6. The van der Waals surface area contributed by atoms with Crippen molar-refractivity contribution in [2.24, 2.45) is 0 Å². The number of aryl methyl sites for hydroxylation is 1. The molecule has 1 heterocycles. The van der Waals surface area contributed by atoms with Crippen molar-refractivity contribution in [2.75, 3.05) is 0 Å². The van der Waals surface area contributed by atoms with Crippen LogP contribution in [0.5, 0.6) is 0 Å². The van der Waals surface area contributed by atoms with Crippen LogP contribution in [0.15, 0.2) is 12.3 Å². The number of hydrogen-bond donors (Lipinski definition) is 3. The third-order valence-electron chi connectivity index (χ3n) is 2.54. The monoisotopic (exact) mass is 302 g/mol. The molecule has 0 radical (unpaired) electrons. The van der Waals surface area contributed by atoms with E-state index in [0.29, 0.717) is 11.6 Å². The number of carbonyl (C=O) groups excluding carboxylic acids is 1. The third kappa shape index (κ3) is 4.27. The predicted octanol–water partition coefficient (Wildman–Crippen LogP) is 1.21. The first-order valence-corrected chi connectivity index (χ1v) is 6.34. The summed E-state index contributed by atoms with van der Waals surface area (Å²) in [5, 5.41) is 20.0. The maximum Gasteiger partial charge on any atom is 0.326 e. The molecule has 0 aliphatic rings. The number of rotatable bonds is 7. The van der Waals surface area contributed by atoms with E-state index in [1.807, 2.05) is 6.92 Å². The second-order valence-electron chi connectivity index (χ2n) is 4.20. The Morgan fingerprint density at radius 2 is 2.05 bits per heavy atom. The molecule has 8 heteroatoms. The second-order valence-corrected chi connectivity index (χ2v) is 4.64. The van der Waals surface area contributed by atoms with Crippen molar-refractivity contribution < 1.29 is 24.6 Å². The lowest BCUT2D eigenvalue weighted by Crippen LogP contribution is -2.42. The SMILES string of the molecule is CCCn1cc(Cl)cc1C(=O)NC(CC(=O)O)C(=O)O. The summed E-state index contributed by atoms with van der Waals surface area (Å²) in [6, 6.07) is -0.0737. The molecule has 3 N–H and O–H groups in total. The van der Waals surface area contributed by atoms with Crippen molar-refractivity contribution in [3.05, 3.63) is 23.0 Å². The molecule has 1 aromatic rings. The molecule has 0 spiro atoms. The molecular formula is C12H15ClN2O5. The van der Waals surface area contributed by atoms with Gasteiger partial charge in [0.05, 0.1) is 11.4 Å². The normalized spacial score (nSPS) is 11.9. The van der Waals surface area contributed by atoms with Crippen LogP contribution >= 0.6 is 11.6 Å². The molecule has 0 aliphatic heterocycles. The lowest BCUT2D eigenvalue weighted by atomic mass is 10.2. The van der Waals surface area contributed by atoms with Crippen molar-refractivity contribution >= 4 is 29.4 Å². The van der Waals surface area contributed by atoms with Gasteiger partial charge in [-0.1, -0.05) is 18.5 Å². The van der Waals surface area contributed by atoms with Gasteiger partial charge in [0.25, 0.3) is 5.91 Å². The van der Waals surface area contributed by atoms with E-state index in [9.17, 15) is 14.4 Å². The number of nitrogens with one attached hydrogen (secondary N) is 1. The molecule has 0 saturated carbocycles. The van der Waals surface area contributed by atoms with E-state index in [1.165, 1.54) is 6.07 Å². The van der Waals surface area contributed by atoms with E-state index in [-0.39, 0.29) is 5.69 Å². The minimum atomic E-state index is -1.48. The van der Waals surface area contributed by atoms with Crippen LogP contribution in [0, 0.1) is 0 Å². The van der Waals surface area contributed by atoms with Gasteiger partial charge in [0.2, 0.25) is 0 Å². The number of nitrogens with zero attached hydrogens (tertiary/aromatic N) is 1. The van der Waals surface area contributed by atoms with Gasteiger partial charge in [-0.2, -0.15) is 0 Å². The van der Waals surface area contributed by atoms with Gasteiger partial charge in [0.1, 0.15) is 11.7 Å². The minimum absolute atomic E-state index is 0.202. The summed E-state index contributed by atoms with van der Waals surface area (Å²) in [4.78, 5) is 33.5. The zero-order valence-electron chi connectivity index (χ0n) is 10.8. The first kappa shape index (κ1) is 16.0.